The van der Waals surface area contributed by atoms with Crippen LogP contribution in [0.15, 0.2) is 0 Å². The Morgan fingerprint density at radius 1 is 1.21 bits per heavy atom. The van der Waals surface area contributed by atoms with Gasteiger partial charge in [-0.25, -0.2) is 0 Å². The van der Waals surface area contributed by atoms with E-state index in [1.807, 2.05) is 0 Å². The molecule has 0 amide bonds. The Hall–Kier alpha value is -1.14. The van der Waals surface area contributed by atoms with Gasteiger partial charge < -0.3 is 18.9 Å². The standard InChI is InChI=1S/C13H22O6/c1-5-16-12(15)7-10-6-11(8-17-9(2)14)19-13(3,4)18-10/h10-11H,5-8H2,1-4H3/t10-,11+/m1/s1. The largest absolute Gasteiger partial charge is 0.466 e. The number of rotatable bonds is 5. The summed E-state index contributed by atoms with van der Waals surface area (Å²) in [5.74, 6) is -1.45. The highest BCUT2D eigenvalue weighted by atomic mass is 16.7. The van der Waals surface area contributed by atoms with Crippen molar-refractivity contribution in [2.75, 3.05) is 13.2 Å². The summed E-state index contributed by atoms with van der Waals surface area (Å²) in [5.41, 5.74) is 0. The van der Waals surface area contributed by atoms with Crippen LogP contribution < -0.4 is 0 Å². The molecule has 0 saturated carbocycles. The summed E-state index contributed by atoms with van der Waals surface area (Å²) in [5, 5.41) is 0. The molecule has 0 aromatic heterocycles. The highest BCUT2D eigenvalue weighted by Crippen LogP contribution is 2.28. The molecule has 110 valence electrons. The number of carbonyl (C=O) groups is 2. The van der Waals surface area contributed by atoms with E-state index >= 15 is 0 Å². The first-order valence-electron chi connectivity index (χ1n) is 6.47. The maximum atomic E-state index is 11.5. The van der Waals surface area contributed by atoms with E-state index in [4.69, 9.17) is 18.9 Å². The highest BCUT2D eigenvalue weighted by Gasteiger charge is 2.37. The zero-order valence-electron chi connectivity index (χ0n) is 11.9. The highest BCUT2D eigenvalue weighted by molar-refractivity contribution is 5.70. The Morgan fingerprint density at radius 2 is 1.84 bits per heavy atom. The van der Waals surface area contributed by atoms with E-state index < -0.39 is 5.79 Å². The Morgan fingerprint density at radius 3 is 2.42 bits per heavy atom. The molecule has 0 aliphatic carbocycles. The van der Waals surface area contributed by atoms with Gasteiger partial charge in [-0.15, -0.1) is 0 Å². The molecule has 0 N–H and O–H groups in total. The van der Waals surface area contributed by atoms with Gasteiger partial charge in [-0.2, -0.15) is 0 Å². The predicted molar refractivity (Wildman–Crippen MR) is 66.3 cm³/mol. The summed E-state index contributed by atoms with van der Waals surface area (Å²) in [6, 6.07) is 0. The Kier molecular flexibility index (Phi) is 5.75. The molecule has 1 fully saturated rings. The van der Waals surface area contributed by atoms with Crippen molar-refractivity contribution in [3.05, 3.63) is 0 Å². The molecule has 1 aliphatic heterocycles. The molecular weight excluding hydrogens is 252 g/mol. The van der Waals surface area contributed by atoms with E-state index in [2.05, 4.69) is 0 Å². The molecule has 0 bridgehead atoms. The molecule has 6 heteroatoms. The summed E-state index contributed by atoms with van der Waals surface area (Å²) in [7, 11) is 0. The number of esters is 2. The quantitative estimate of drug-likeness (QED) is 0.706. The fourth-order valence-corrected chi connectivity index (χ4v) is 2.06. The molecule has 1 rings (SSSR count). The molecule has 0 unspecified atom stereocenters. The number of hydrogen-bond donors (Lipinski definition) is 0. The van der Waals surface area contributed by atoms with Crippen LogP contribution in [0.25, 0.3) is 0 Å². The molecule has 0 radical (unpaired) electrons. The van der Waals surface area contributed by atoms with Gasteiger partial charge in [0.15, 0.2) is 5.79 Å². The first kappa shape index (κ1) is 15.9. The lowest BCUT2D eigenvalue weighted by molar-refractivity contribution is -0.304. The smallest absolute Gasteiger partial charge is 0.308 e. The van der Waals surface area contributed by atoms with Crippen LogP contribution in [0.2, 0.25) is 0 Å². The third kappa shape index (κ3) is 6.02. The Labute approximate surface area is 113 Å². The van der Waals surface area contributed by atoms with Crippen LogP contribution in [-0.4, -0.2) is 43.1 Å². The van der Waals surface area contributed by atoms with Gasteiger partial charge in [-0.3, -0.25) is 9.59 Å². The van der Waals surface area contributed by atoms with Crippen molar-refractivity contribution >= 4 is 11.9 Å². The maximum Gasteiger partial charge on any atom is 0.308 e. The second kappa shape index (κ2) is 6.86. The molecule has 2 atom stereocenters. The van der Waals surface area contributed by atoms with Gasteiger partial charge in [0.1, 0.15) is 6.61 Å². The van der Waals surface area contributed by atoms with Crippen LogP contribution in [0.4, 0.5) is 0 Å². The van der Waals surface area contributed by atoms with Gasteiger partial charge in [0, 0.05) is 13.3 Å². The van der Waals surface area contributed by atoms with Crippen LogP contribution in [0.3, 0.4) is 0 Å². The Balaban J connectivity index is 2.52. The van der Waals surface area contributed by atoms with Gasteiger partial charge in [0.25, 0.3) is 0 Å². The number of carbonyl (C=O) groups excluding carboxylic acids is 2. The summed E-state index contributed by atoms with van der Waals surface area (Å²) < 4.78 is 21.1. The molecule has 6 nitrogen and oxygen atoms in total. The van der Waals surface area contributed by atoms with E-state index in [1.165, 1.54) is 6.92 Å². The van der Waals surface area contributed by atoms with Crippen LogP contribution in [0.1, 0.15) is 40.5 Å². The lowest BCUT2D eigenvalue weighted by Gasteiger charge is -2.40. The number of hydrogen-bond acceptors (Lipinski definition) is 6. The van der Waals surface area contributed by atoms with Crippen LogP contribution in [0, 0.1) is 0 Å². The van der Waals surface area contributed by atoms with E-state index in [1.54, 1.807) is 20.8 Å². The van der Waals surface area contributed by atoms with Gasteiger partial charge in [-0.05, 0) is 20.8 Å². The average Bonchev–Trinajstić information content (AvgIpc) is 2.24. The summed E-state index contributed by atoms with van der Waals surface area (Å²) in [6.07, 6.45) is 0.114. The first-order chi connectivity index (χ1) is 8.82. The summed E-state index contributed by atoms with van der Waals surface area (Å²) >= 11 is 0. The fourth-order valence-electron chi connectivity index (χ4n) is 2.06. The van der Waals surface area contributed by atoms with Crippen molar-refractivity contribution in [2.45, 2.75) is 58.5 Å². The van der Waals surface area contributed by atoms with E-state index in [0.29, 0.717) is 13.0 Å². The third-order valence-electron chi connectivity index (χ3n) is 2.60. The summed E-state index contributed by atoms with van der Waals surface area (Å²) in [4.78, 5) is 22.3. The molecule has 1 aliphatic rings. The first-order valence-corrected chi connectivity index (χ1v) is 6.47. The van der Waals surface area contributed by atoms with E-state index in [9.17, 15) is 9.59 Å². The second-order valence-electron chi connectivity index (χ2n) is 4.93. The van der Waals surface area contributed by atoms with Crippen molar-refractivity contribution in [3.63, 3.8) is 0 Å². The SMILES string of the molecule is CCOC(=O)C[C@H]1C[C@@H](COC(C)=O)OC(C)(C)O1. The molecule has 0 aromatic rings. The van der Waals surface area contributed by atoms with Crippen LogP contribution in [-0.2, 0) is 28.5 Å². The zero-order chi connectivity index (χ0) is 14.5. The van der Waals surface area contributed by atoms with Gasteiger partial charge in [0.2, 0.25) is 0 Å². The minimum absolute atomic E-state index is 0.168. The van der Waals surface area contributed by atoms with E-state index in [0.717, 1.165) is 0 Å². The van der Waals surface area contributed by atoms with Gasteiger partial charge >= 0.3 is 11.9 Å². The van der Waals surface area contributed by atoms with Gasteiger partial charge in [-0.1, -0.05) is 0 Å². The fraction of sp³-hybridized carbons (Fsp3) is 0.846. The van der Waals surface area contributed by atoms with Crippen molar-refractivity contribution in [1.29, 1.82) is 0 Å². The third-order valence-corrected chi connectivity index (χ3v) is 2.60. The van der Waals surface area contributed by atoms with Gasteiger partial charge in [0.05, 0.1) is 25.2 Å². The molecular formula is C13H22O6. The molecule has 0 aromatic carbocycles. The maximum absolute atomic E-state index is 11.5. The molecule has 1 heterocycles. The van der Waals surface area contributed by atoms with Crippen molar-refractivity contribution in [3.8, 4) is 0 Å². The van der Waals surface area contributed by atoms with Crippen molar-refractivity contribution < 1.29 is 28.5 Å². The van der Waals surface area contributed by atoms with Crippen molar-refractivity contribution in [2.24, 2.45) is 0 Å². The predicted octanol–water partition coefficient (Wildman–Crippen LogP) is 1.41. The Bertz CT molecular complexity index is 325. The zero-order valence-corrected chi connectivity index (χ0v) is 11.9. The van der Waals surface area contributed by atoms with Crippen LogP contribution in [0.5, 0.6) is 0 Å². The monoisotopic (exact) mass is 274 g/mol. The average molecular weight is 274 g/mol. The minimum Gasteiger partial charge on any atom is -0.466 e. The molecule has 0 spiro atoms. The molecule has 1 saturated heterocycles. The normalized spacial score (nSPS) is 25.7. The second-order valence-corrected chi connectivity index (χ2v) is 4.93. The van der Waals surface area contributed by atoms with E-state index in [-0.39, 0.29) is 37.2 Å². The van der Waals surface area contributed by atoms with Crippen LogP contribution >= 0.6 is 0 Å². The van der Waals surface area contributed by atoms with Crippen molar-refractivity contribution in [1.82, 2.24) is 0 Å². The minimum atomic E-state index is -0.805. The topological polar surface area (TPSA) is 71.1 Å². The summed E-state index contributed by atoms with van der Waals surface area (Å²) in [6.45, 7) is 7.16. The lowest BCUT2D eigenvalue weighted by atomic mass is 10.1. The number of ether oxygens (including phenoxy) is 4. The molecule has 19 heavy (non-hydrogen) atoms. The lowest BCUT2D eigenvalue weighted by Crippen LogP contribution is -2.47.